The molecule has 1 unspecified atom stereocenters. The highest BCUT2D eigenvalue weighted by Crippen LogP contribution is 2.10. The molecule has 1 amide bonds. The maximum Gasteiger partial charge on any atom is 0.241 e. The highest BCUT2D eigenvalue weighted by molar-refractivity contribution is 5.94. The molecule has 5 nitrogen and oxygen atoms in total. The van der Waals surface area contributed by atoms with E-state index in [0.29, 0.717) is 12.1 Å². The third-order valence-corrected chi connectivity index (χ3v) is 3.17. The van der Waals surface area contributed by atoms with Gasteiger partial charge < -0.3 is 16.8 Å². The Labute approximate surface area is 135 Å². The first kappa shape index (κ1) is 17.7. The Morgan fingerprint density at radius 1 is 1.09 bits per heavy atom. The minimum atomic E-state index is -0.678. The van der Waals surface area contributed by atoms with Crippen molar-refractivity contribution in [3.8, 4) is 0 Å². The molecule has 0 fully saturated rings. The molecule has 116 valence electrons. The van der Waals surface area contributed by atoms with Gasteiger partial charge in [0.2, 0.25) is 5.91 Å². The quantitative estimate of drug-likeness (QED) is 0.498. The number of carbonyl (C=O) groups is 1. The van der Waals surface area contributed by atoms with Crippen LogP contribution in [0.5, 0.6) is 0 Å². The zero-order valence-electron chi connectivity index (χ0n) is 12.0. The lowest BCUT2D eigenvalue weighted by atomic mass is 10.1. The van der Waals surface area contributed by atoms with Gasteiger partial charge in [0.25, 0.3) is 0 Å². The summed E-state index contributed by atoms with van der Waals surface area (Å²) in [6.07, 6.45) is 0. The van der Waals surface area contributed by atoms with Crippen LogP contribution in [0.1, 0.15) is 22.7 Å². The van der Waals surface area contributed by atoms with E-state index >= 15 is 0 Å². The van der Waals surface area contributed by atoms with Gasteiger partial charge in [-0.25, -0.2) is 0 Å². The van der Waals surface area contributed by atoms with Crippen molar-refractivity contribution in [3.05, 3.63) is 71.3 Å². The molecule has 0 spiro atoms. The molecule has 0 heterocycles. The summed E-state index contributed by atoms with van der Waals surface area (Å²) in [5, 5.41) is 10.1. The van der Waals surface area contributed by atoms with Gasteiger partial charge >= 0.3 is 0 Å². The third-order valence-electron chi connectivity index (χ3n) is 3.17. The van der Waals surface area contributed by atoms with Gasteiger partial charge in [-0.2, -0.15) is 0 Å². The molecule has 2 rings (SSSR count). The monoisotopic (exact) mass is 318 g/mol. The number of nitrogen functional groups attached to an aromatic ring is 1. The van der Waals surface area contributed by atoms with Crippen molar-refractivity contribution in [1.82, 2.24) is 5.32 Å². The summed E-state index contributed by atoms with van der Waals surface area (Å²) in [5.74, 6) is -0.200. The predicted octanol–water partition coefficient (Wildman–Crippen LogP) is 1.71. The summed E-state index contributed by atoms with van der Waals surface area (Å²) in [6.45, 7) is 0.386. The Hall–Kier alpha value is -2.37. The molecule has 6 heteroatoms. The number of carbonyl (C=O) groups excluding carboxylic acids is 1. The molecular weight excluding hydrogens is 300 g/mol. The summed E-state index contributed by atoms with van der Waals surface area (Å²) >= 11 is 0. The predicted molar refractivity (Wildman–Crippen MR) is 89.9 cm³/mol. The smallest absolute Gasteiger partial charge is 0.241 e. The van der Waals surface area contributed by atoms with Crippen LogP contribution in [-0.4, -0.2) is 11.7 Å². The van der Waals surface area contributed by atoms with E-state index in [2.05, 4.69) is 5.32 Å². The van der Waals surface area contributed by atoms with Gasteiger partial charge in [-0.05, 0) is 11.1 Å². The highest BCUT2D eigenvalue weighted by Gasteiger charge is 2.14. The molecule has 0 aliphatic rings. The molecule has 2 aromatic rings. The molecule has 2 aromatic carbocycles. The maximum absolute atomic E-state index is 12.0. The number of benzene rings is 2. The van der Waals surface area contributed by atoms with E-state index in [1.807, 2.05) is 42.5 Å². The minimum Gasteiger partial charge on any atom is -0.384 e. The topological polar surface area (TPSA) is 105 Å². The Balaban J connectivity index is 0.00000242. The van der Waals surface area contributed by atoms with Gasteiger partial charge in [-0.3, -0.25) is 10.2 Å². The van der Waals surface area contributed by atoms with E-state index in [1.54, 1.807) is 12.1 Å². The highest BCUT2D eigenvalue weighted by atomic mass is 35.5. The number of hydrogen-bond donors (Lipinski definition) is 4. The van der Waals surface area contributed by atoms with Crippen LogP contribution in [0.2, 0.25) is 0 Å². The third kappa shape index (κ3) is 4.58. The lowest BCUT2D eigenvalue weighted by molar-refractivity contribution is -0.122. The Bertz CT molecular complexity index is 628. The summed E-state index contributed by atoms with van der Waals surface area (Å²) in [6, 6.07) is 15.7. The van der Waals surface area contributed by atoms with Gasteiger partial charge in [0.15, 0.2) is 0 Å². The number of nitrogens with one attached hydrogen (secondary N) is 2. The SMILES string of the molecule is Cl.N=C(N)c1ccc(CNC(=O)C(N)c2ccccc2)cc1. The number of nitrogens with two attached hydrogens (primary N) is 2. The van der Waals surface area contributed by atoms with Crippen LogP contribution in [0.15, 0.2) is 54.6 Å². The molecule has 0 saturated carbocycles. The first-order valence-electron chi connectivity index (χ1n) is 6.59. The zero-order chi connectivity index (χ0) is 15.2. The van der Waals surface area contributed by atoms with Crippen molar-refractivity contribution < 1.29 is 4.79 Å². The molecule has 0 radical (unpaired) electrons. The van der Waals surface area contributed by atoms with E-state index in [4.69, 9.17) is 16.9 Å². The number of rotatable bonds is 5. The van der Waals surface area contributed by atoms with E-state index in [1.165, 1.54) is 0 Å². The molecule has 0 aliphatic carbocycles. The van der Waals surface area contributed by atoms with Gasteiger partial charge in [-0.1, -0.05) is 54.6 Å². The van der Waals surface area contributed by atoms with Crippen molar-refractivity contribution in [2.24, 2.45) is 11.5 Å². The molecule has 0 aliphatic heterocycles. The van der Waals surface area contributed by atoms with Crippen LogP contribution in [0.4, 0.5) is 0 Å². The van der Waals surface area contributed by atoms with E-state index in [9.17, 15) is 4.79 Å². The van der Waals surface area contributed by atoms with Gasteiger partial charge in [-0.15, -0.1) is 12.4 Å². The number of amides is 1. The maximum atomic E-state index is 12.0. The second-order valence-electron chi connectivity index (χ2n) is 4.72. The van der Waals surface area contributed by atoms with Gasteiger partial charge in [0.05, 0.1) is 0 Å². The molecule has 22 heavy (non-hydrogen) atoms. The molecular formula is C16H19ClN4O. The molecule has 0 bridgehead atoms. The van der Waals surface area contributed by atoms with Crippen LogP contribution in [0.25, 0.3) is 0 Å². The van der Waals surface area contributed by atoms with Crippen molar-refractivity contribution >= 4 is 24.1 Å². The second kappa shape index (κ2) is 8.17. The lowest BCUT2D eigenvalue weighted by Gasteiger charge is -2.12. The van der Waals surface area contributed by atoms with E-state index < -0.39 is 6.04 Å². The largest absolute Gasteiger partial charge is 0.384 e. The minimum absolute atomic E-state index is 0. The zero-order valence-corrected chi connectivity index (χ0v) is 12.8. The number of hydrogen-bond acceptors (Lipinski definition) is 3. The normalized spacial score (nSPS) is 11.1. The van der Waals surface area contributed by atoms with Crippen molar-refractivity contribution in [2.45, 2.75) is 12.6 Å². The standard InChI is InChI=1S/C16H18N4O.ClH/c17-14(12-4-2-1-3-5-12)16(21)20-10-11-6-8-13(9-7-11)15(18)19;/h1-9,14H,10,17H2,(H3,18,19)(H,20,21);1H. The fraction of sp³-hybridized carbons (Fsp3) is 0.125. The van der Waals surface area contributed by atoms with Crippen LogP contribution in [0, 0.1) is 5.41 Å². The average Bonchev–Trinajstić information content (AvgIpc) is 2.53. The first-order chi connectivity index (χ1) is 10.1. The number of halogens is 1. The lowest BCUT2D eigenvalue weighted by Crippen LogP contribution is -2.33. The van der Waals surface area contributed by atoms with Crippen molar-refractivity contribution in [2.75, 3.05) is 0 Å². The summed E-state index contributed by atoms with van der Waals surface area (Å²) in [7, 11) is 0. The molecule has 6 N–H and O–H groups in total. The van der Waals surface area contributed by atoms with Crippen molar-refractivity contribution in [1.29, 1.82) is 5.41 Å². The second-order valence-corrected chi connectivity index (χ2v) is 4.72. The van der Waals surface area contributed by atoms with Crippen LogP contribution < -0.4 is 16.8 Å². The fourth-order valence-corrected chi connectivity index (χ4v) is 1.91. The average molecular weight is 319 g/mol. The van der Waals surface area contributed by atoms with Crippen LogP contribution >= 0.6 is 12.4 Å². The molecule has 0 saturated heterocycles. The summed E-state index contributed by atoms with van der Waals surface area (Å²) < 4.78 is 0. The van der Waals surface area contributed by atoms with E-state index in [0.717, 1.165) is 11.1 Å². The summed E-state index contributed by atoms with van der Waals surface area (Å²) in [4.78, 5) is 12.0. The Morgan fingerprint density at radius 2 is 1.68 bits per heavy atom. The van der Waals surface area contributed by atoms with E-state index in [-0.39, 0.29) is 24.1 Å². The van der Waals surface area contributed by atoms with Gasteiger partial charge in [0.1, 0.15) is 11.9 Å². The Morgan fingerprint density at radius 3 is 2.23 bits per heavy atom. The molecule has 0 aromatic heterocycles. The fourth-order valence-electron chi connectivity index (χ4n) is 1.91. The number of amidine groups is 1. The Kier molecular flexibility index (Phi) is 6.56. The van der Waals surface area contributed by atoms with Crippen LogP contribution in [0.3, 0.4) is 0 Å². The first-order valence-corrected chi connectivity index (χ1v) is 6.59. The van der Waals surface area contributed by atoms with Crippen molar-refractivity contribution in [3.63, 3.8) is 0 Å². The summed E-state index contributed by atoms with van der Waals surface area (Å²) in [5.41, 5.74) is 13.7. The van der Waals surface area contributed by atoms with Gasteiger partial charge in [0, 0.05) is 12.1 Å². The van der Waals surface area contributed by atoms with Crippen LogP contribution in [-0.2, 0) is 11.3 Å². The molecule has 1 atom stereocenters.